The Balaban J connectivity index is 1.33. The van der Waals surface area contributed by atoms with E-state index in [0.29, 0.717) is 24.6 Å². The van der Waals surface area contributed by atoms with Crippen molar-refractivity contribution >= 4 is 34.5 Å². The van der Waals surface area contributed by atoms with Crippen molar-refractivity contribution in [3.63, 3.8) is 0 Å². The molecule has 2 aromatic carbocycles. The fraction of sp³-hybridized carbons (Fsp3) is 0.286. The van der Waals surface area contributed by atoms with E-state index in [1.165, 1.54) is 16.7 Å². The highest BCUT2D eigenvalue weighted by atomic mass is 32.2. The van der Waals surface area contributed by atoms with Crippen LogP contribution in [-0.4, -0.2) is 53.4 Å². The average Bonchev–Trinajstić information content (AvgIpc) is 3.28. The van der Waals surface area contributed by atoms with Crippen molar-refractivity contribution in [3.05, 3.63) is 54.6 Å². The van der Waals surface area contributed by atoms with Gasteiger partial charge in [-0.05, 0) is 36.4 Å². The molecule has 2 aliphatic heterocycles. The summed E-state index contributed by atoms with van der Waals surface area (Å²) < 4.78 is 5.77. The number of anilines is 1. The van der Waals surface area contributed by atoms with E-state index in [1.807, 2.05) is 54.6 Å². The van der Waals surface area contributed by atoms with Crippen LogP contribution in [0.1, 0.15) is 6.42 Å². The minimum Gasteiger partial charge on any atom is -0.457 e. The molecule has 0 saturated carbocycles. The van der Waals surface area contributed by atoms with E-state index >= 15 is 0 Å². The number of hydrogen-bond acceptors (Lipinski definition) is 5. The maximum absolute atomic E-state index is 12.4. The minimum atomic E-state index is -0.263. The molecule has 0 radical (unpaired) electrons. The molecule has 1 unspecified atom stereocenters. The van der Waals surface area contributed by atoms with Crippen LogP contribution in [0, 0.1) is 0 Å². The zero-order valence-corrected chi connectivity index (χ0v) is 16.6. The topological polar surface area (TPSA) is 79.0 Å². The molecular formula is C21H21N3O4S. The highest BCUT2D eigenvalue weighted by molar-refractivity contribution is 8.13. The number of amides is 3. The molecule has 2 heterocycles. The Hall–Kier alpha value is -3.00. The summed E-state index contributed by atoms with van der Waals surface area (Å²) in [5.74, 6) is 1.87. The van der Waals surface area contributed by atoms with Crippen LogP contribution in [0.4, 0.5) is 10.5 Å². The molecule has 4 rings (SSSR count). The third kappa shape index (κ3) is 4.71. The van der Waals surface area contributed by atoms with E-state index in [-0.39, 0.29) is 36.1 Å². The van der Waals surface area contributed by atoms with Crippen LogP contribution >= 0.6 is 11.8 Å². The Morgan fingerprint density at radius 2 is 1.79 bits per heavy atom. The SMILES string of the molecule is O=C(CN1CCSC1=O)NC1CC(=O)N(c2ccc(Oc3ccccc3)cc2)C1. The van der Waals surface area contributed by atoms with Crippen molar-refractivity contribution in [1.82, 2.24) is 10.2 Å². The predicted molar refractivity (Wildman–Crippen MR) is 111 cm³/mol. The lowest BCUT2D eigenvalue weighted by molar-refractivity contribution is -0.122. The summed E-state index contributed by atoms with van der Waals surface area (Å²) in [6.45, 7) is 1.04. The van der Waals surface area contributed by atoms with Crippen molar-refractivity contribution in [2.45, 2.75) is 12.5 Å². The first kappa shape index (κ1) is 19.3. The lowest BCUT2D eigenvalue weighted by atomic mass is 10.2. The first-order valence-electron chi connectivity index (χ1n) is 9.43. The van der Waals surface area contributed by atoms with Gasteiger partial charge >= 0.3 is 0 Å². The van der Waals surface area contributed by atoms with Crippen molar-refractivity contribution < 1.29 is 19.1 Å². The Kier molecular flexibility index (Phi) is 5.71. The van der Waals surface area contributed by atoms with Gasteiger partial charge in [-0.15, -0.1) is 0 Å². The minimum absolute atomic E-state index is 0.0418. The van der Waals surface area contributed by atoms with Crippen LogP contribution in [0.5, 0.6) is 11.5 Å². The van der Waals surface area contributed by atoms with E-state index in [1.54, 1.807) is 4.90 Å². The Morgan fingerprint density at radius 3 is 2.48 bits per heavy atom. The zero-order chi connectivity index (χ0) is 20.2. The van der Waals surface area contributed by atoms with Gasteiger partial charge in [0.15, 0.2) is 0 Å². The number of thioether (sulfide) groups is 1. The molecule has 7 nitrogen and oxygen atoms in total. The summed E-state index contributed by atoms with van der Waals surface area (Å²) in [4.78, 5) is 39.4. The van der Waals surface area contributed by atoms with Gasteiger partial charge in [0.05, 0.1) is 6.04 Å². The molecule has 3 amide bonds. The van der Waals surface area contributed by atoms with E-state index in [4.69, 9.17) is 4.74 Å². The van der Waals surface area contributed by atoms with E-state index < -0.39 is 0 Å². The fourth-order valence-corrected chi connectivity index (χ4v) is 4.21. The standard InChI is InChI=1S/C21H21N3O4S/c25-19(14-23-10-11-29-21(23)27)22-15-12-20(26)24(13-15)16-6-8-18(9-7-16)28-17-4-2-1-3-5-17/h1-9,15H,10-14H2,(H,22,25). The van der Waals surface area contributed by atoms with Crippen molar-refractivity contribution in [1.29, 1.82) is 0 Å². The van der Waals surface area contributed by atoms with Crippen LogP contribution < -0.4 is 15.0 Å². The molecule has 0 spiro atoms. The van der Waals surface area contributed by atoms with Gasteiger partial charge in [-0.3, -0.25) is 14.4 Å². The van der Waals surface area contributed by atoms with Gasteiger partial charge in [0.25, 0.3) is 5.24 Å². The fourth-order valence-electron chi connectivity index (χ4n) is 3.39. The molecule has 2 fully saturated rings. The van der Waals surface area contributed by atoms with Gasteiger partial charge in [-0.25, -0.2) is 0 Å². The molecule has 2 saturated heterocycles. The Bertz CT molecular complexity index is 904. The van der Waals surface area contributed by atoms with Gasteiger partial charge < -0.3 is 19.9 Å². The van der Waals surface area contributed by atoms with Gasteiger partial charge in [0.1, 0.15) is 18.0 Å². The molecule has 2 aliphatic rings. The number of rotatable bonds is 6. The second-order valence-electron chi connectivity index (χ2n) is 6.92. The third-order valence-corrected chi connectivity index (χ3v) is 5.69. The summed E-state index contributed by atoms with van der Waals surface area (Å²) in [6.07, 6.45) is 0.247. The number of carbonyl (C=O) groups is 3. The summed E-state index contributed by atoms with van der Waals surface area (Å²) in [5, 5.41) is 2.80. The lowest BCUT2D eigenvalue weighted by Crippen LogP contribution is -2.43. The van der Waals surface area contributed by atoms with Crippen LogP contribution in [0.25, 0.3) is 0 Å². The molecule has 1 N–H and O–H groups in total. The Morgan fingerprint density at radius 1 is 1.07 bits per heavy atom. The molecular weight excluding hydrogens is 390 g/mol. The van der Waals surface area contributed by atoms with Crippen LogP contribution in [-0.2, 0) is 9.59 Å². The molecule has 1 atom stereocenters. The van der Waals surface area contributed by atoms with E-state index in [2.05, 4.69) is 5.32 Å². The summed E-state index contributed by atoms with van der Waals surface area (Å²) in [6, 6.07) is 16.5. The van der Waals surface area contributed by atoms with E-state index in [9.17, 15) is 14.4 Å². The molecule has 29 heavy (non-hydrogen) atoms. The molecule has 2 aromatic rings. The Labute approximate surface area is 173 Å². The highest BCUT2D eigenvalue weighted by Gasteiger charge is 2.32. The van der Waals surface area contributed by atoms with Crippen molar-refractivity contribution in [2.75, 3.05) is 30.3 Å². The normalized spacial score (nSPS) is 19.0. The highest BCUT2D eigenvalue weighted by Crippen LogP contribution is 2.27. The quantitative estimate of drug-likeness (QED) is 0.791. The number of para-hydroxylation sites is 1. The number of carbonyl (C=O) groups excluding carboxylic acids is 3. The van der Waals surface area contributed by atoms with Crippen LogP contribution in [0.3, 0.4) is 0 Å². The van der Waals surface area contributed by atoms with Crippen LogP contribution in [0.15, 0.2) is 54.6 Å². The number of hydrogen-bond donors (Lipinski definition) is 1. The monoisotopic (exact) mass is 411 g/mol. The largest absolute Gasteiger partial charge is 0.457 e. The smallest absolute Gasteiger partial charge is 0.282 e. The summed E-state index contributed by atoms with van der Waals surface area (Å²) in [7, 11) is 0. The van der Waals surface area contributed by atoms with Crippen molar-refractivity contribution in [3.8, 4) is 11.5 Å². The summed E-state index contributed by atoms with van der Waals surface area (Å²) in [5.41, 5.74) is 0.762. The lowest BCUT2D eigenvalue weighted by Gasteiger charge is -2.19. The number of ether oxygens (including phenoxy) is 1. The molecule has 0 aromatic heterocycles. The number of benzene rings is 2. The molecule has 150 valence electrons. The van der Waals surface area contributed by atoms with Gasteiger partial charge in [-0.1, -0.05) is 30.0 Å². The van der Waals surface area contributed by atoms with Crippen molar-refractivity contribution in [2.24, 2.45) is 0 Å². The predicted octanol–water partition coefficient (Wildman–Crippen LogP) is 2.87. The zero-order valence-electron chi connectivity index (χ0n) is 15.7. The molecule has 0 bridgehead atoms. The maximum Gasteiger partial charge on any atom is 0.282 e. The maximum atomic E-state index is 12.4. The third-order valence-electron chi connectivity index (χ3n) is 4.80. The summed E-state index contributed by atoms with van der Waals surface area (Å²) >= 11 is 1.22. The van der Waals surface area contributed by atoms with E-state index in [0.717, 1.165) is 11.4 Å². The van der Waals surface area contributed by atoms with Crippen LogP contribution in [0.2, 0.25) is 0 Å². The molecule has 8 heteroatoms. The average molecular weight is 411 g/mol. The number of nitrogens with zero attached hydrogens (tertiary/aromatic N) is 2. The first-order valence-corrected chi connectivity index (χ1v) is 10.4. The van der Waals surface area contributed by atoms with Gasteiger partial charge in [-0.2, -0.15) is 0 Å². The second kappa shape index (κ2) is 8.57. The second-order valence-corrected chi connectivity index (χ2v) is 7.96. The van der Waals surface area contributed by atoms with Gasteiger partial charge in [0, 0.05) is 31.0 Å². The first-order chi connectivity index (χ1) is 14.1. The van der Waals surface area contributed by atoms with Gasteiger partial charge in [0.2, 0.25) is 11.8 Å². The molecule has 0 aliphatic carbocycles. The number of nitrogens with one attached hydrogen (secondary N) is 1.